The third kappa shape index (κ3) is 8.28. The number of halogens is 2. The van der Waals surface area contributed by atoms with Crippen LogP contribution in [0.25, 0.3) is 0 Å². The summed E-state index contributed by atoms with van der Waals surface area (Å²) in [5.41, 5.74) is 0. The molecule has 0 amide bonds. The zero-order chi connectivity index (χ0) is 9.61. The highest BCUT2D eigenvalue weighted by molar-refractivity contribution is 6.17. The Balaban J connectivity index is 0. The van der Waals surface area contributed by atoms with Crippen molar-refractivity contribution < 1.29 is 21.7 Å². The summed E-state index contributed by atoms with van der Waals surface area (Å²) in [4.78, 5) is 11.2. The van der Waals surface area contributed by atoms with E-state index in [-0.39, 0.29) is 18.2 Å². The number of likely N-dealkylation sites (N-methyl/N-ethyl adjacent to an activating group) is 1. The van der Waals surface area contributed by atoms with Gasteiger partial charge in [-0.25, -0.2) is 0 Å². The highest BCUT2D eigenvalue weighted by Crippen LogP contribution is 1.98. The number of carbonyl (C=O) groups is 1. The molecule has 0 rings (SSSR count). The van der Waals surface area contributed by atoms with Gasteiger partial charge in [-0.1, -0.05) is 6.08 Å². The van der Waals surface area contributed by atoms with E-state index >= 15 is 0 Å². The van der Waals surface area contributed by atoms with Gasteiger partial charge in [-0.05, 0) is 13.0 Å². The van der Waals surface area contributed by atoms with Gasteiger partial charge in [0.15, 0.2) is 0 Å². The van der Waals surface area contributed by atoms with Crippen molar-refractivity contribution in [3.8, 4) is 0 Å². The Labute approximate surface area is 91.6 Å². The van der Waals surface area contributed by atoms with Crippen LogP contribution >= 0.6 is 11.6 Å². The van der Waals surface area contributed by atoms with Gasteiger partial charge >= 0.3 is 0 Å². The first-order chi connectivity index (χ1) is 5.52. The molecule has 0 saturated carbocycles. The van der Waals surface area contributed by atoms with Gasteiger partial charge in [0.2, 0.25) is 5.78 Å². The number of carbonyl (C=O) groups excluding carboxylic acids is 1. The number of ketones is 1. The molecule has 0 atom stereocenters. The largest absolute Gasteiger partial charge is 1.00 e. The molecule has 2 nitrogen and oxygen atoms in total. The molecule has 0 bridgehead atoms. The lowest BCUT2D eigenvalue weighted by Crippen LogP contribution is -3.00. The molecule has 0 aliphatic carbocycles. The number of alkyl halides is 1. The van der Waals surface area contributed by atoms with E-state index in [2.05, 4.69) is 0 Å². The van der Waals surface area contributed by atoms with Crippen molar-refractivity contribution in [1.29, 1.82) is 0 Å². The molecule has 0 aliphatic rings. The Morgan fingerprint density at radius 2 is 2.00 bits per heavy atom. The molecule has 0 aromatic rings. The first-order valence-electron chi connectivity index (χ1n) is 4.05. The van der Waals surface area contributed by atoms with Crippen LogP contribution in [0, 0.1) is 0 Å². The lowest BCUT2D eigenvalue weighted by Gasteiger charge is -2.27. The predicted molar refractivity (Wildman–Crippen MR) is 52.4 cm³/mol. The zero-order valence-electron chi connectivity index (χ0n) is 8.39. The van der Waals surface area contributed by atoms with E-state index < -0.39 is 0 Å². The molecule has 0 saturated heterocycles. The molecule has 0 aromatic heterocycles. The standard InChI is InChI=1S/C9H17ClNO.ClH/c1-4-5-9(12)8-11(2,3)7-6-10;/h4-5H,6-8H2,1-3H3;1H/q+1;/p-1. The van der Waals surface area contributed by atoms with Crippen molar-refractivity contribution in [3.05, 3.63) is 12.2 Å². The molecule has 0 fully saturated rings. The predicted octanol–water partition coefficient (Wildman–Crippen LogP) is -1.55. The minimum atomic E-state index is 0. The van der Waals surface area contributed by atoms with Crippen LogP contribution < -0.4 is 12.4 Å². The summed E-state index contributed by atoms with van der Waals surface area (Å²) in [6.45, 7) is 3.20. The van der Waals surface area contributed by atoms with Crippen molar-refractivity contribution in [2.45, 2.75) is 6.92 Å². The van der Waals surface area contributed by atoms with Crippen molar-refractivity contribution in [3.63, 3.8) is 0 Å². The van der Waals surface area contributed by atoms with Gasteiger partial charge in [0.1, 0.15) is 6.54 Å². The Kier molecular flexibility index (Phi) is 8.74. The summed E-state index contributed by atoms with van der Waals surface area (Å²) >= 11 is 5.60. The SMILES string of the molecule is CC=CC(=O)C[N+](C)(C)CCCl.[Cl-]. The van der Waals surface area contributed by atoms with Gasteiger partial charge in [-0.3, -0.25) is 4.79 Å². The van der Waals surface area contributed by atoms with Gasteiger partial charge < -0.3 is 16.9 Å². The average Bonchev–Trinajstić information content (AvgIpc) is 1.85. The van der Waals surface area contributed by atoms with Crippen LogP contribution in [-0.2, 0) is 4.79 Å². The van der Waals surface area contributed by atoms with Gasteiger partial charge in [0, 0.05) is 0 Å². The van der Waals surface area contributed by atoms with Gasteiger partial charge in [-0.15, -0.1) is 11.6 Å². The normalized spacial score (nSPS) is 11.4. The first kappa shape index (κ1) is 15.4. The first-order valence-corrected chi connectivity index (χ1v) is 4.59. The third-order valence-electron chi connectivity index (χ3n) is 1.63. The second kappa shape index (κ2) is 7.36. The lowest BCUT2D eigenvalue weighted by atomic mass is 10.3. The van der Waals surface area contributed by atoms with Crippen LogP contribution in [0.5, 0.6) is 0 Å². The molecule has 0 N–H and O–H groups in total. The molecule has 13 heavy (non-hydrogen) atoms. The van der Waals surface area contributed by atoms with Crippen molar-refractivity contribution in [2.75, 3.05) is 33.1 Å². The Morgan fingerprint density at radius 3 is 2.38 bits per heavy atom. The fourth-order valence-corrected chi connectivity index (χ4v) is 1.43. The van der Waals surface area contributed by atoms with Gasteiger partial charge in [0.25, 0.3) is 0 Å². The molecule has 0 unspecified atom stereocenters. The van der Waals surface area contributed by atoms with Crippen molar-refractivity contribution in [2.24, 2.45) is 0 Å². The maximum Gasteiger partial charge on any atom is 0.209 e. The Hall–Kier alpha value is -0.0500. The molecule has 4 heteroatoms. The fourth-order valence-electron chi connectivity index (χ4n) is 0.968. The maximum atomic E-state index is 11.2. The van der Waals surface area contributed by atoms with Crippen LogP contribution in [-0.4, -0.2) is 43.3 Å². The van der Waals surface area contributed by atoms with Crippen LogP contribution in [0.4, 0.5) is 0 Å². The minimum absolute atomic E-state index is 0. The van der Waals surface area contributed by atoms with Crippen molar-refractivity contribution in [1.82, 2.24) is 0 Å². The summed E-state index contributed by atoms with van der Waals surface area (Å²) in [7, 11) is 4.01. The molecular formula is C9H17Cl2NO. The summed E-state index contributed by atoms with van der Waals surface area (Å²) in [6, 6.07) is 0. The minimum Gasteiger partial charge on any atom is -1.00 e. The topological polar surface area (TPSA) is 17.1 Å². The molecule has 0 heterocycles. The lowest BCUT2D eigenvalue weighted by molar-refractivity contribution is -0.879. The van der Waals surface area contributed by atoms with E-state index in [4.69, 9.17) is 11.6 Å². The monoisotopic (exact) mass is 225 g/mol. The number of hydrogen-bond donors (Lipinski definition) is 0. The summed E-state index contributed by atoms with van der Waals surface area (Å²) in [5, 5.41) is 0. The number of nitrogens with zero attached hydrogens (tertiary/aromatic N) is 1. The van der Waals surface area contributed by atoms with E-state index in [1.54, 1.807) is 12.2 Å². The van der Waals surface area contributed by atoms with Crippen LogP contribution in [0.15, 0.2) is 12.2 Å². The average molecular weight is 226 g/mol. The number of rotatable bonds is 5. The summed E-state index contributed by atoms with van der Waals surface area (Å²) in [6.07, 6.45) is 3.37. The van der Waals surface area contributed by atoms with E-state index in [0.29, 0.717) is 16.9 Å². The third-order valence-corrected chi connectivity index (χ3v) is 1.80. The van der Waals surface area contributed by atoms with E-state index in [9.17, 15) is 4.79 Å². The molecule has 78 valence electrons. The van der Waals surface area contributed by atoms with Gasteiger partial charge in [0.05, 0.1) is 26.5 Å². The number of quaternary nitrogens is 1. The Bertz CT molecular complexity index is 178. The quantitative estimate of drug-likeness (QED) is 0.315. The Morgan fingerprint density at radius 1 is 1.46 bits per heavy atom. The number of allylic oxidation sites excluding steroid dienone is 1. The van der Waals surface area contributed by atoms with E-state index in [0.717, 1.165) is 6.54 Å². The summed E-state index contributed by atoms with van der Waals surface area (Å²) in [5.74, 6) is 0.753. The molecule has 0 aliphatic heterocycles. The highest BCUT2D eigenvalue weighted by atomic mass is 35.5. The van der Waals surface area contributed by atoms with E-state index in [1.165, 1.54) is 0 Å². The van der Waals surface area contributed by atoms with Crippen LogP contribution in [0.3, 0.4) is 0 Å². The zero-order valence-corrected chi connectivity index (χ0v) is 9.90. The number of hydrogen-bond acceptors (Lipinski definition) is 1. The smallest absolute Gasteiger partial charge is 0.209 e. The van der Waals surface area contributed by atoms with Crippen LogP contribution in [0.2, 0.25) is 0 Å². The fraction of sp³-hybridized carbons (Fsp3) is 0.667. The van der Waals surface area contributed by atoms with Gasteiger partial charge in [-0.2, -0.15) is 0 Å². The summed E-state index contributed by atoms with van der Waals surface area (Å²) < 4.78 is 0.659. The van der Waals surface area contributed by atoms with Crippen molar-refractivity contribution >= 4 is 17.4 Å². The molecule has 0 aromatic carbocycles. The molecular weight excluding hydrogens is 209 g/mol. The maximum absolute atomic E-state index is 11.2. The van der Waals surface area contributed by atoms with Crippen LogP contribution in [0.1, 0.15) is 6.92 Å². The van der Waals surface area contributed by atoms with E-state index in [1.807, 2.05) is 21.0 Å². The second-order valence-electron chi connectivity index (χ2n) is 3.47. The highest BCUT2D eigenvalue weighted by Gasteiger charge is 2.16. The molecule has 0 radical (unpaired) electrons. The molecule has 0 spiro atoms. The second-order valence-corrected chi connectivity index (χ2v) is 3.85.